The van der Waals surface area contributed by atoms with Gasteiger partial charge in [-0.05, 0) is 30.7 Å². The van der Waals surface area contributed by atoms with Crippen molar-refractivity contribution in [1.29, 1.82) is 0 Å². The Morgan fingerprint density at radius 1 is 1.33 bits per heavy atom. The predicted octanol–water partition coefficient (Wildman–Crippen LogP) is -0.243. The van der Waals surface area contributed by atoms with E-state index in [9.17, 15) is 0 Å². The van der Waals surface area contributed by atoms with Gasteiger partial charge in [0.15, 0.2) is 0 Å². The Labute approximate surface area is 108 Å². The maximum absolute atomic E-state index is 8.79. The van der Waals surface area contributed by atoms with Crippen LogP contribution in [0, 0.1) is 0 Å². The van der Waals surface area contributed by atoms with Crippen molar-refractivity contribution in [2.24, 2.45) is 5.73 Å². The number of nitrogen functional groups attached to an aromatic ring is 1. The summed E-state index contributed by atoms with van der Waals surface area (Å²) in [7, 11) is 0. The Bertz CT molecular complexity index is 368. The Kier molecular flexibility index (Phi) is 4.41. The molecule has 1 fully saturated rings. The number of anilines is 2. The number of nitrogens with zero attached hydrogens (tertiary/aromatic N) is 1. The lowest BCUT2D eigenvalue weighted by atomic mass is 10.1. The summed E-state index contributed by atoms with van der Waals surface area (Å²) < 4.78 is 0. The molecule has 0 radical (unpaired) electrons. The number of aliphatic hydroxyl groups is 1. The Balaban J connectivity index is 2.02. The van der Waals surface area contributed by atoms with Crippen LogP contribution in [0.4, 0.5) is 11.4 Å². The van der Waals surface area contributed by atoms with E-state index in [1.54, 1.807) is 0 Å². The summed E-state index contributed by atoms with van der Waals surface area (Å²) in [6, 6.07) is 8.49. The molecule has 1 heterocycles. The highest BCUT2D eigenvalue weighted by Gasteiger charge is 2.29. The van der Waals surface area contributed by atoms with Crippen LogP contribution in [0.1, 0.15) is 6.42 Å². The largest absolute Gasteiger partial charge is 0.399 e. The minimum absolute atomic E-state index is 0.167. The Morgan fingerprint density at radius 2 is 2.06 bits per heavy atom. The van der Waals surface area contributed by atoms with Crippen molar-refractivity contribution in [2.45, 2.75) is 18.5 Å². The maximum atomic E-state index is 8.79. The van der Waals surface area contributed by atoms with Crippen molar-refractivity contribution >= 4 is 11.4 Å². The third-order valence-corrected chi connectivity index (χ3v) is 3.34. The van der Waals surface area contributed by atoms with Crippen LogP contribution in [-0.2, 0) is 0 Å². The van der Waals surface area contributed by atoms with Gasteiger partial charge in [0.05, 0.1) is 6.61 Å². The normalized spacial score (nSPS) is 23.6. The average Bonchev–Trinajstić information content (AvgIpc) is 2.72. The first kappa shape index (κ1) is 13.1. The molecule has 2 rings (SSSR count). The highest BCUT2D eigenvalue weighted by Crippen LogP contribution is 2.25. The van der Waals surface area contributed by atoms with Gasteiger partial charge in [0.2, 0.25) is 0 Å². The van der Waals surface area contributed by atoms with E-state index in [0.717, 1.165) is 30.9 Å². The van der Waals surface area contributed by atoms with Gasteiger partial charge in [0.1, 0.15) is 0 Å². The molecule has 2 atom stereocenters. The number of rotatable bonds is 5. The summed E-state index contributed by atoms with van der Waals surface area (Å²) in [6.45, 7) is 2.51. The van der Waals surface area contributed by atoms with Gasteiger partial charge in [0, 0.05) is 43.1 Å². The van der Waals surface area contributed by atoms with Crippen LogP contribution in [0.2, 0.25) is 0 Å². The highest BCUT2D eigenvalue weighted by molar-refractivity contribution is 5.54. The van der Waals surface area contributed by atoms with Crippen molar-refractivity contribution in [3.8, 4) is 0 Å². The molecule has 0 aliphatic carbocycles. The maximum Gasteiger partial charge on any atom is 0.0555 e. The van der Waals surface area contributed by atoms with Crippen LogP contribution >= 0.6 is 0 Å². The zero-order valence-electron chi connectivity index (χ0n) is 10.5. The molecular formula is C13H22N4O. The molecule has 6 N–H and O–H groups in total. The van der Waals surface area contributed by atoms with E-state index in [2.05, 4.69) is 10.2 Å². The van der Waals surface area contributed by atoms with Crippen molar-refractivity contribution in [1.82, 2.24) is 5.32 Å². The lowest BCUT2D eigenvalue weighted by molar-refractivity contribution is 0.291. The molecule has 5 nitrogen and oxygen atoms in total. The molecule has 18 heavy (non-hydrogen) atoms. The lowest BCUT2D eigenvalue weighted by Crippen LogP contribution is -2.38. The fourth-order valence-electron chi connectivity index (χ4n) is 2.48. The molecule has 0 spiro atoms. The van der Waals surface area contributed by atoms with Gasteiger partial charge in [-0.2, -0.15) is 0 Å². The second kappa shape index (κ2) is 6.04. The molecule has 0 bridgehead atoms. The predicted molar refractivity (Wildman–Crippen MR) is 74.5 cm³/mol. The molecule has 5 heteroatoms. The van der Waals surface area contributed by atoms with Crippen molar-refractivity contribution in [3.63, 3.8) is 0 Å². The summed E-state index contributed by atoms with van der Waals surface area (Å²) in [5, 5.41) is 12.0. The monoisotopic (exact) mass is 250 g/mol. The fourth-order valence-corrected chi connectivity index (χ4v) is 2.48. The van der Waals surface area contributed by atoms with Gasteiger partial charge in [-0.25, -0.2) is 0 Å². The number of aliphatic hydroxyl groups excluding tert-OH is 1. The molecule has 0 saturated carbocycles. The number of hydrogen-bond acceptors (Lipinski definition) is 5. The first-order valence-electron chi connectivity index (χ1n) is 6.40. The van der Waals surface area contributed by atoms with Crippen LogP contribution in [0.15, 0.2) is 24.3 Å². The van der Waals surface area contributed by atoms with Crippen LogP contribution in [0.25, 0.3) is 0 Å². The topological polar surface area (TPSA) is 87.5 Å². The van der Waals surface area contributed by atoms with Gasteiger partial charge >= 0.3 is 0 Å². The third-order valence-electron chi connectivity index (χ3n) is 3.34. The number of hydrogen-bond donors (Lipinski definition) is 4. The molecule has 1 saturated heterocycles. The summed E-state index contributed by atoms with van der Waals surface area (Å²) in [5.74, 6) is 0. The quantitative estimate of drug-likeness (QED) is 0.428. The van der Waals surface area contributed by atoms with E-state index in [-0.39, 0.29) is 12.6 Å². The highest BCUT2D eigenvalue weighted by atomic mass is 16.3. The van der Waals surface area contributed by atoms with E-state index >= 15 is 0 Å². The molecule has 1 aliphatic heterocycles. The molecule has 2 unspecified atom stereocenters. The first-order chi connectivity index (χ1) is 8.70. The smallest absolute Gasteiger partial charge is 0.0555 e. The standard InChI is InChI=1S/C13H22N4O/c14-10-1-3-12(4-2-10)17-9-11(15)7-13(17)8-16-5-6-18/h1-4,11,13,16,18H,5-9,14-15H2. The molecule has 1 aromatic rings. The second-order valence-corrected chi connectivity index (χ2v) is 4.82. The van der Waals surface area contributed by atoms with E-state index in [1.165, 1.54) is 0 Å². The third kappa shape index (κ3) is 3.13. The molecule has 1 aliphatic rings. The van der Waals surface area contributed by atoms with Crippen molar-refractivity contribution in [2.75, 3.05) is 36.9 Å². The number of nitrogens with two attached hydrogens (primary N) is 2. The summed E-state index contributed by atoms with van der Waals surface area (Å²) in [6.07, 6.45) is 0.975. The zero-order chi connectivity index (χ0) is 13.0. The molecule has 1 aromatic carbocycles. The van der Waals surface area contributed by atoms with E-state index < -0.39 is 0 Å². The minimum atomic E-state index is 0.167. The zero-order valence-corrected chi connectivity index (χ0v) is 10.5. The first-order valence-corrected chi connectivity index (χ1v) is 6.40. The van der Waals surface area contributed by atoms with Crippen molar-refractivity contribution < 1.29 is 5.11 Å². The summed E-state index contributed by atoms with van der Waals surface area (Å²) >= 11 is 0. The van der Waals surface area contributed by atoms with Crippen LogP contribution < -0.4 is 21.7 Å². The van der Waals surface area contributed by atoms with Gasteiger partial charge in [-0.3, -0.25) is 0 Å². The second-order valence-electron chi connectivity index (χ2n) is 4.82. The molecular weight excluding hydrogens is 228 g/mol. The Morgan fingerprint density at radius 3 is 2.72 bits per heavy atom. The van der Waals surface area contributed by atoms with Crippen LogP contribution in [-0.4, -0.2) is 43.4 Å². The van der Waals surface area contributed by atoms with Crippen molar-refractivity contribution in [3.05, 3.63) is 24.3 Å². The summed E-state index contributed by atoms with van der Waals surface area (Å²) in [4.78, 5) is 2.31. The fraction of sp³-hybridized carbons (Fsp3) is 0.538. The van der Waals surface area contributed by atoms with E-state index in [4.69, 9.17) is 16.6 Å². The lowest BCUT2D eigenvalue weighted by Gasteiger charge is -2.27. The van der Waals surface area contributed by atoms with Crippen LogP contribution in [0.5, 0.6) is 0 Å². The van der Waals surface area contributed by atoms with E-state index in [0.29, 0.717) is 12.6 Å². The molecule has 100 valence electrons. The van der Waals surface area contributed by atoms with Gasteiger partial charge in [0.25, 0.3) is 0 Å². The molecule has 0 amide bonds. The number of benzene rings is 1. The average molecular weight is 250 g/mol. The SMILES string of the molecule is Nc1ccc(N2CC(N)CC2CNCCO)cc1. The van der Waals surface area contributed by atoms with Gasteiger partial charge in [-0.15, -0.1) is 0 Å². The van der Waals surface area contributed by atoms with Crippen LogP contribution in [0.3, 0.4) is 0 Å². The van der Waals surface area contributed by atoms with Gasteiger partial charge in [-0.1, -0.05) is 0 Å². The van der Waals surface area contributed by atoms with E-state index in [1.807, 2.05) is 24.3 Å². The molecule has 0 aromatic heterocycles. The Hall–Kier alpha value is -1.30. The minimum Gasteiger partial charge on any atom is -0.399 e. The summed E-state index contributed by atoms with van der Waals surface area (Å²) in [5.41, 5.74) is 13.7. The van der Waals surface area contributed by atoms with Gasteiger partial charge < -0.3 is 26.8 Å². The number of nitrogens with one attached hydrogen (secondary N) is 1.